The van der Waals surface area contributed by atoms with Crippen LogP contribution >= 0.6 is 12.4 Å². The Bertz CT molecular complexity index is 721. The smallest absolute Gasteiger partial charge is 0.340 e. The first kappa shape index (κ1) is 20.3. The number of carbonyl (C=O) groups excluding carboxylic acids is 1. The van der Waals surface area contributed by atoms with Gasteiger partial charge < -0.3 is 14.4 Å². The van der Waals surface area contributed by atoms with E-state index in [1.165, 1.54) is 0 Å². The van der Waals surface area contributed by atoms with Crippen molar-refractivity contribution in [1.82, 2.24) is 9.47 Å². The maximum Gasteiger partial charge on any atom is 0.340 e. The molecular weight excluding hydrogens is 328 g/mol. The van der Waals surface area contributed by atoms with Gasteiger partial charge in [0.1, 0.15) is 5.75 Å². The Morgan fingerprint density at radius 1 is 1.25 bits per heavy atom. The highest BCUT2D eigenvalue weighted by Gasteiger charge is 2.24. The zero-order valence-electron chi connectivity index (χ0n) is 15.0. The SMILES string of the molecule is CCOC(=O)c1c(C)n(C)c2ccc(O)c(CN(CC)CC)c12.Cl. The lowest BCUT2D eigenvalue weighted by atomic mass is 10.0. The molecule has 2 aromatic rings. The summed E-state index contributed by atoms with van der Waals surface area (Å²) in [6, 6.07) is 3.56. The van der Waals surface area contributed by atoms with E-state index >= 15 is 0 Å². The molecule has 1 aromatic carbocycles. The zero-order chi connectivity index (χ0) is 17.1. The lowest BCUT2D eigenvalue weighted by molar-refractivity contribution is 0.0527. The number of esters is 1. The number of benzene rings is 1. The monoisotopic (exact) mass is 354 g/mol. The third kappa shape index (κ3) is 3.52. The van der Waals surface area contributed by atoms with Gasteiger partial charge in [0.15, 0.2) is 0 Å². The van der Waals surface area contributed by atoms with Crippen molar-refractivity contribution in [3.8, 4) is 5.75 Å². The van der Waals surface area contributed by atoms with Crippen molar-refractivity contribution in [2.45, 2.75) is 34.2 Å². The Morgan fingerprint density at radius 2 is 1.88 bits per heavy atom. The molecule has 0 spiro atoms. The molecule has 24 heavy (non-hydrogen) atoms. The maximum absolute atomic E-state index is 12.5. The minimum Gasteiger partial charge on any atom is -0.508 e. The predicted octanol–water partition coefficient (Wildman–Crippen LogP) is 3.63. The van der Waals surface area contributed by atoms with E-state index in [2.05, 4.69) is 18.7 Å². The van der Waals surface area contributed by atoms with Gasteiger partial charge in [-0.05, 0) is 39.1 Å². The van der Waals surface area contributed by atoms with E-state index in [1.807, 2.05) is 24.6 Å². The number of ether oxygens (including phenoxy) is 1. The van der Waals surface area contributed by atoms with Crippen LogP contribution in [-0.4, -0.2) is 40.2 Å². The van der Waals surface area contributed by atoms with E-state index < -0.39 is 0 Å². The molecule has 6 heteroatoms. The summed E-state index contributed by atoms with van der Waals surface area (Å²) in [4.78, 5) is 14.7. The number of hydrogen-bond acceptors (Lipinski definition) is 4. The molecule has 1 heterocycles. The fraction of sp³-hybridized carbons (Fsp3) is 0.500. The number of aromatic hydroxyl groups is 1. The van der Waals surface area contributed by atoms with Crippen molar-refractivity contribution in [1.29, 1.82) is 0 Å². The largest absolute Gasteiger partial charge is 0.508 e. The number of aryl methyl sites for hydroxylation is 1. The van der Waals surface area contributed by atoms with Gasteiger partial charge in [0.25, 0.3) is 0 Å². The van der Waals surface area contributed by atoms with Gasteiger partial charge >= 0.3 is 5.97 Å². The van der Waals surface area contributed by atoms with Crippen molar-refractivity contribution in [2.75, 3.05) is 19.7 Å². The summed E-state index contributed by atoms with van der Waals surface area (Å²) in [5, 5.41) is 11.2. The molecule has 0 fully saturated rings. The Morgan fingerprint density at radius 3 is 2.42 bits per heavy atom. The molecule has 0 saturated carbocycles. The standard InChI is InChI=1S/C18H26N2O3.ClH/c1-6-20(7-2)11-13-15(21)10-9-14-17(13)16(12(4)19(14)5)18(22)23-8-3;/h9-10,21H,6-8,11H2,1-5H3;1H. The number of phenols is 1. The van der Waals surface area contributed by atoms with Crippen molar-refractivity contribution in [3.63, 3.8) is 0 Å². The highest BCUT2D eigenvalue weighted by atomic mass is 35.5. The summed E-state index contributed by atoms with van der Waals surface area (Å²) in [7, 11) is 1.93. The van der Waals surface area contributed by atoms with Gasteiger partial charge in [-0.1, -0.05) is 13.8 Å². The maximum atomic E-state index is 12.5. The molecule has 0 bridgehead atoms. The molecule has 0 aliphatic carbocycles. The number of phenolic OH excluding ortho intramolecular Hbond substituents is 1. The highest BCUT2D eigenvalue weighted by Crippen LogP contribution is 2.34. The van der Waals surface area contributed by atoms with Crippen LogP contribution in [0.5, 0.6) is 5.75 Å². The molecule has 0 radical (unpaired) electrons. The summed E-state index contributed by atoms with van der Waals surface area (Å²) in [5.41, 5.74) is 3.13. The average Bonchev–Trinajstić information content (AvgIpc) is 2.79. The van der Waals surface area contributed by atoms with Gasteiger partial charge in [0, 0.05) is 35.8 Å². The van der Waals surface area contributed by atoms with Crippen LogP contribution < -0.4 is 0 Å². The van der Waals surface area contributed by atoms with E-state index in [4.69, 9.17) is 4.74 Å². The van der Waals surface area contributed by atoms with Gasteiger partial charge in [-0.2, -0.15) is 0 Å². The Hall–Kier alpha value is -1.72. The molecule has 0 unspecified atom stereocenters. The number of rotatable bonds is 6. The van der Waals surface area contributed by atoms with Crippen LogP contribution in [0.25, 0.3) is 10.9 Å². The molecule has 0 saturated heterocycles. The molecule has 0 amide bonds. The van der Waals surface area contributed by atoms with Crippen LogP contribution in [0.15, 0.2) is 12.1 Å². The molecule has 0 aliphatic heterocycles. The quantitative estimate of drug-likeness (QED) is 0.805. The number of nitrogens with zero attached hydrogens (tertiary/aromatic N) is 2. The molecule has 1 aromatic heterocycles. The first-order valence-corrected chi connectivity index (χ1v) is 8.15. The summed E-state index contributed by atoms with van der Waals surface area (Å²) >= 11 is 0. The van der Waals surface area contributed by atoms with Gasteiger partial charge in [0.2, 0.25) is 0 Å². The number of fused-ring (bicyclic) bond motifs is 1. The van der Waals surface area contributed by atoms with Crippen molar-refractivity contribution >= 4 is 29.3 Å². The first-order chi connectivity index (χ1) is 11.0. The molecule has 134 valence electrons. The number of halogens is 1. The predicted molar refractivity (Wildman–Crippen MR) is 99.2 cm³/mol. The summed E-state index contributed by atoms with van der Waals surface area (Å²) < 4.78 is 7.21. The van der Waals surface area contributed by atoms with Crippen LogP contribution in [0.4, 0.5) is 0 Å². The van der Waals surface area contributed by atoms with Gasteiger partial charge in [-0.3, -0.25) is 4.90 Å². The van der Waals surface area contributed by atoms with Crippen molar-refractivity contribution < 1.29 is 14.6 Å². The second-order valence-electron chi connectivity index (χ2n) is 5.66. The third-order valence-electron chi connectivity index (χ3n) is 4.50. The fourth-order valence-electron chi connectivity index (χ4n) is 3.00. The van der Waals surface area contributed by atoms with Crippen LogP contribution in [0.1, 0.15) is 42.4 Å². The summed E-state index contributed by atoms with van der Waals surface area (Å²) in [6.45, 7) is 10.6. The van der Waals surface area contributed by atoms with Gasteiger partial charge in [-0.15, -0.1) is 12.4 Å². The van der Waals surface area contributed by atoms with Crippen molar-refractivity contribution in [3.05, 3.63) is 29.0 Å². The zero-order valence-corrected chi connectivity index (χ0v) is 15.9. The first-order valence-electron chi connectivity index (χ1n) is 8.15. The lowest BCUT2D eigenvalue weighted by Gasteiger charge is -2.19. The molecule has 2 rings (SSSR count). The van der Waals surface area contributed by atoms with E-state index in [0.717, 1.165) is 35.2 Å². The fourth-order valence-corrected chi connectivity index (χ4v) is 3.00. The van der Waals surface area contributed by atoms with Gasteiger partial charge in [-0.25, -0.2) is 4.79 Å². The topological polar surface area (TPSA) is 54.7 Å². The van der Waals surface area contributed by atoms with Crippen LogP contribution in [0.3, 0.4) is 0 Å². The molecular formula is C18H27ClN2O3. The van der Waals surface area contributed by atoms with Gasteiger partial charge in [0.05, 0.1) is 12.2 Å². The van der Waals surface area contributed by atoms with Crippen molar-refractivity contribution in [2.24, 2.45) is 7.05 Å². The Balaban J connectivity index is 0.00000288. The van der Waals surface area contributed by atoms with E-state index in [9.17, 15) is 9.90 Å². The normalized spacial score (nSPS) is 10.9. The molecule has 0 atom stereocenters. The Labute approximate surface area is 149 Å². The average molecular weight is 355 g/mol. The second kappa shape index (κ2) is 8.40. The number of carbonyl (C=O) groups is 1. The Kier molecular flexibility index (Phi) is 7.11. The summed E-state index contributed by atoms with van der Waals surface area (Å²) in [6.07, 6.45) is 0. The van der Waals surface area contributed by atoms with Crippen LogP contribution in [0.2, 0.25) is 0 Å². The van der Waals surface area contributed by atoms with Crippen LogP contribution in [-0.2, 0) is 18.3 Å². The lowest BCUT2D eigenvalue weighted by Crippen LogP contribution is -2.22. The minimum absolute atomic E-state index is 0. The third-order valence-corrected chi connectivity index (χ3v) is 4.50. The molecule has 0 aliphatic rings. The molecule has 5 nitrogen and oxygen atoms in total. The number of aromatic nitrogens is 1. The minimum atomic E-state index is -0.331. The second-order valence-corrected chi connectivity index (χ2v) is 5.66. The van der Waals surface area contributed by atoms with E-state index in [1.54, 1.807) is 13.0 Å². The van der Waals surface area contributed by atoms with E-state index in [0.29, 0.717) is 18.7 Å². The van der Waals surface area contributed by atoms with Crippen LogP contribution in [0, 0.1) is 6.92 Å². The van der Waals surface area contributed by atoms with E-state index in [-0.39, 0.29) is 24.1 Å². The number of hydrogen-bond donors (Lipinski definition) is 1. The highest BCUT2D eigenvalue weighted by molar-refractivity contribution is 6.07. The summed E-state index contributed by atoms with van der Waals surface area (Å²) in [5.74, 6) is -0.109. The molecule has 1 N–H and O–H groups in total.